The monoisotopic (exact) mass is 376 g/mol. The van der Waals surface area contributed by atoms with Gasteiger partial charge in [-0.1, -0.05) is 37.7 Å². The lowest BCUT2D eigenvalue weighted by Gasteiger charge is -2.11. The molecule has 3 rings (SSSR count). The molecule has 2 heterocycles. The Labute approximate surface area is 156 Å². The van der Waals surface area contributed by atoms with Gasteiger partial charge >= 0.3 is 5.69 Å². The summed E-state index contributed by atoms with van der Waals surface area (Å²) in [5.74, 6) is 0.453. The van der Waals surface area contributed by atoms with Crippen molar-refractivity contribution < 1.29 is 9.53 Å². The van der Waals surface area contributed by atoms with Gasteiger partial charge in [-0.05, 0) is 36.5 Å². The predicted octanol–water partition coefficient (Wildman–Crippen LogP) is 2.60. The summed E-state index contributed by atoms with van der Waals surface area (Å²) in [6, 6.07) is 7.83. The van der Waals surface area contributed by atoms with Gasteiger partial charge in [0.2, 0.25) is 5.91 Å². The quantitative estimate of drug-likeness (QED) is 0.725. The lowest BCUT2D eigenvalue weighted by atomic mass is 10.0. The summed E-state index contributed by atoms with van der Waals surface area (Å²) in [4.78, 5) is 24.2. The van der Waals surface area contributed by atoms with Crippen LogP contribution in [0, 0.1) is 0 Å². The molecule has 1 amide bonds. The highest BCUT2D eigenvalue weighted by atomic mass is 32.2. The number of carbonyl (C=O) groups excluding carboxylic acids is 1. The predicted molar refractivity (Wildman–Crippen MR) is 102 cm³/mol. The highest BCUT2D eigenvalue weighted by molar-refractivity contribution is 7.99. The Morgan fingerprint density at radius 3 is 3.08 bits per heavy atom. The molecule has 1 fully saturated rings. The zero-order chi connectivity index (χ0) is 18.5. The minimum Gasteiger partial charge on any atom is -0.376 e. The maximum absolute atomic E-state index is 12.2. The van der Waals surface area contributed by atoms with Crippen molar-refractivity contribution in [3.8, 4) is 0 Å². The summed E-state index contributed by atoms with van der Waals surface area (Å²) >= 11 is 1.24. The molecular formula is C18H24N4O3S. The molecule has 2 aromatic rings. The first kappa shape index (κ1) is 18.7. The van der Waals surface area contributed by atoms with Crippen LogP contribution in [-0.4, -0.2) is 39.1 Å². The third-order valence-electron chi connectivity index (χ3n) is 4.30. The number of rotatable bonds is 7. The number of amides is 1. The molecule has 0 spiro atoms. The summed E-state index contributed by atoms with van der Waals surface area (Å²) in [5.41, 5.74) is 1.68. The standard InChI is InChI=1S/C18H24N4O3S/c1-12(2)13-5-3-6-14(9-13)19-16(23)11-26-18-21-20-17(24)22(18)10-15-7-4-8-25-15/h3,5-6,9,12,15H,4,7-8,10-11H2,1-2H3,(H,19,23)(H,20,24). The van der Waals surface area contributed by atoms with Gasteiger partial charge < -0.3 is 10.1 Å². The normalized spacial score (nSPS) is 17.0. The molecule has 26 heavy (non-hydrogen) atoms. The molecule has 1 aliphatic heterocycles. The average molecular weight is 376 g/mol. The zero-order valence-electron chi connectivity index (χ0n) is 15.0. The van der Waals surface area contributed by atoms with Crippen molar-refractivity contribution in [3.63, 3.8) is 0 Å². The third-order valence-corrected chi connectivity index (χ3v) is 5.28. The molecule has 0 bridgehead atoms. The number of nitrogens with zero attached hydrogens (tertiary/aromatic N) is 2. The summed E-state index contributed by atoms with van der Waals surface area (Å²) < 4.78 is 7.13. The first-order valence-electron chi connectivity index (χ1n) is 8.82. The SMILES string of the molecule is CC(C)c1cccc(NC(=O)CSc2n[nH]c(=O)n2CC2CCCO2)c1. The van der Waals surface area contributed by atoms with E-state index in [1.54, 1.807) is 4.57 Å². The number of ether oxygens (including phenoxy) is 1. The van der Waals surface area contributed by atoms with Crippen molar-refractivity contribution in [2.45, 2.75) is 50.4 Å². The summed E-state index contributed by atoms with van der Waals surface area (Å²) in [7, 11) is 0. The Hall–Kier alpha value is -2.06. The molecule has 140 valence electrons. The van der Waals surface area contributed by atoms with Crippen molar-refractivity contribution in [3.05, 3.63) is 40.3 Å². The Bertz CT molecular complexity index is 809. The fourth-order valence-electron chi connectivity index (χ4n) is 2.87. The molecule has 8 heteroatoms. The van der Waals surface area contributed by atoms with E-state index in [4.69, 9.17) is 4.74 Å². The van der Waals surface area contributed by atoms with E-state index in [0.29, 0.717) is 17.6 Å². The van der Waals surface area contributed by atoms with E-state index in [2.05, 4.69) is 29.4 Å². The zero-order valence-corrected chi connectivity index (χ0v) is 15.8. The van der Waals surface area contributed by atoms with E-state index in [1.165, 1.54) is 17.3 Å². The number of benzene rings is 1. The van der Waals surface area contributed by atoms with Crippen LogP contribution in [0.3, 0.4) is 0 Å². The maximum atomic E-state index is 12.2. The lowest BCUT2D eigenvalue weighted by molar-refractivity contribution is -0.113. The molecule has 0 saturated carbocycles. The number of aromatic nitrogens is 3. The number of thioether (sulfide) groups is 1. The van der Waals surface area contributed by atoms with Crippen molar-refractivity contribution in [1.29, 1.82) is 0 Å². The number of H-pyrrole nitrogens is 1. The largest absolute Gasteiger partial charge is 0.376 e. The number of aromatic amines is 1. The Balaban J connectivity index is 1.58. The fourth-order valence-corrected chi connectivity index (χ4v) is 3.62. The second-order valence-corrected chi connectivity index (χ2v) is 7.62. The number of hydrogen-bond donors (Lipinski definition) is 2. The molecule has 0 radical (unpaired) electrons. The minimum atomic E-state index is -0.270. The number of carbonyl (C=O) groups is 1. The van der Waals surface area contributed by atoms with Crippen LogP contribution in [0.5, 0.6) is 0 Å². The second-order valence-electron chi connectivity index (χ2n) is 6.67. The van der Waals surface area contributed by atoms with Crippen molar-refractivity contribution in [2.24, 2.45) is 0 Å². The van der Waals surface area contributed by atoms with Gasteiger partial charge in [0, 0.05) is 12.3 Å². The minimum absolute atomic E-state index is 0.0391. The van der Waals surface area contributed by atoms with Crippen LogP contribution in [0.2, 0.25) is 0 Å². The molecule has 0 aliphatic carbocycles. The molecule has 7 nitrogen and oxygen atoms in total. The van der Waals surface area contributed by atoms with E-state index in [9.17, 15) is 9.59 Å². The molecule has 1 aromatic heterocycles. The van der Waals surface area contributed by atoms with Gasteiger partial charge in [-0.25, -0.2) is 9.89 Å². The van der Waals surface area contributed by atoms with Crippen LogP contribution in [0.15, 0.2) is 34.2 Å². The molecule has 1 aliphatic rings. The molecule has 2 N–H and O–H groups in total. The van der Waals surface area contributed by atoms with E-state index in [1.807, 2.05) is 24.3 Å². The molecule has 1 atom stereocenters. The molecular weight excluding hydrogens is 352 g/mol. The van der Waals surface area contributed by atoms with Gasteiger partial charge in [0.05, 0.1) is 18.4 Å². The van der Waals surface area contributed by atoms with Crippen LogP contribution >= 0.6 is 11.8 Å². The van der Waals surface area contributed by atoms with E-state index >= 15 is 0 Å². The van der Waals surface area contributed by atoms with Crippen LogP contribution in [0.25, 0.3) is 0 Å². The van der Waals surface area contributed by atoms with Crippen LogP contribution in [-0.2, 0) is 16.1 Å². The van der Waals surface area contributed by atoms with E-state index in [-0.39, 0.29) is 23.5 Å². The van der Waals surface area contributed by atoms with Crippen LogP contribution in [0.4, 0.5) is 5.69 Å². The van der Waals surface area contributed by atoms with Gasteiger partial charge in [-0.2, -0.15) is 0 Å². The van der Waals surface area contributed by atoms with Crippen molar-refractivity contribution >= 4 is 23.4 Å². The van der Waals surface area contributed by atoms with Gasteiger partial charge in [0.1, 0.15) is 0 Å². The van der Waals surface area contributed by atoms with Gasteiger partial charge in [-0.3, -0.25) is 9.36 Å². The first-order chi connectivity index (χ1) is 12.5. The van der Waals surface area contributed by atoms with Crippen molar-refractivity contribution in [2.75, 3.05) is 17.7 Å². The number of nitrogens with one attached hydrogen (secondary N) is 2. The van der Waals surface area contributed by atoms with E-state index in [0.717, 1.165) is 25.1 Å². The van der Waals surface area contributed by atoms with Crippen molar-refractivity contribution in [1.82, 2.24) is 14.8 Å². The van der Waals surface area contributed by atoms with Crippen LogP contribution < -0.4 is 11.0 Å². The molecule has 1 unspecified atom stereocenters. The average Bonchev–Trinajstić information content (AvgIpc) is 3.25. The topological polar surface area (TPSA) is 89.0 Å². The lowest BCUT2D eigenvalue weighted by Crippen LogP contribution is -2.25. The summed E-state index contributed by atoms with van der Waals surface area (Å²) in [5, 5.41) is 9.89. The number of anilines is 1. The van der Waals surface area contributed by atoms with Crippen LogP contribution in [0.1, 0.15) is 38.2 Å². The highest BCUT2D eigenvalue weighted by Crippen LogP contribution is 2.20. The first-order valence-corrected chi connectivity index (χ1v) is 9.81. The Morgan fingerprint density at radius 1 is 1.50 bits per heavy atom. The smallest absolute Gasteiger partial charge is 0.344 e. The third kappa shape index (κ3) is 4.76. The Kier molecular flexibility index (Phi) is 6.16. The molecule has 1 saturated heterocycles. The van der Waals surface area contributed by atoms with Gasteiger partial charge in [0.15, 0.2) is 5.16 Å². The van der Waals surface area contributed by atoms with Gasteiger partial charge in [-0.15, -0.1) is 5.10 Å². The van der Waals surface area contributed by atoms with Gasteiger partial charge in [0.25, 0.3) is 0 Å². The molecule has 1 aromatic carbocycles. The fraction of sp³-hybridized carbons (Fsp3) is 0.500. The second kappa shape index (κ2) is 8.55. The van der Waals surface area contributed by atoms with E-state index < -0.39 is 0 Å². The summed E-state index contributed by atoms with van der Waals surface area (Å²) in [6.07, 6.45) is 1.99. The Morgan fingerprint density at radius 2 is 2.35 bits per heavy atom. The highest BCUT2D eigenvalue weighted by Gasteiger charge is 2.20. The summed E-state index contributed by atoms with van der Waals surface area (Å²) in [6.45, 7) is 5.43. The number of hydrogen-bond acceptors (Lipinski definition) is 5. The maximum Gasteiger partial charge on any atom is 0.344 e.